The van der Waals surface area contributed by atoms with Crippen molar-refractivity contribution in [2.45, 2.75) is 20.8 Å². The fourth-order valence-corrected chi connectivity index (χ4v) is 4.91. The number of halogens is 1. The first-order valence-electron chi connectivity index (χ1n) is 9.74. The van der Waals surface area contributed by atoms with Gasteiger partial charge in [-0.1, -0.05) is 41.1 Å². The Labute approximate surface area is 192 Å². The minimum Gasteiger partial charge on any atom is -0.353 e. The molecule has 0 atom stereocenters. The molecule has 0 saturated carbocycles. The molecule has 0 spiro atoms. The van der Waals surface area contributed by atoms with E-state index in [0.717, 1.165) is 44.2 Å². The third-order valence-corrected chi connectivity index (χ3v) is 6.82. The number of rotatable bonds is 2. The van der Waals surface area contributed by atoms with Crippen LogP contribution in [0.4, 0.5) is 11.4 Å². The number of nitrogens with zero attached hydrogens (tertiary/aromatic N) is 4. The number of aromatic nitrogens is 1. The summed E-state index contributed by atoms with van der Waals surface area (Å²) in [5.41, 5.74) is 5.69. The molecule has 1 aromatic heterocycles. The van der Waals surface area contributed by atoms with Gasteiger partial charge in [0.05, 0.1) is 11.4 Å². The van der Waals surface area contributed by atoms with Crippen molar-refractivity contribution in [2.75, 3.05) is 19.3 Å². The van der Waals surface area contributed by atoms with E-state index < -0.39 is 0 Å². The van der Waals surface area contributed by atoms with Crippen molar-refractivity contribution in [3.8, 4) is 0 Å². The predicted molar refractivity (Wildman–Crippen MR) is 133 cm³/mol. The Bertz CT molecular complexity index is 1110. The molecule has 0 radical (unpaired) electrons. The maximum Gasteiger partial charge on any atom is 0.189 e. The molecular formula is C23H27ClN4S2. The van der Waals surface area contributed by atoms with Crippen molar-refractivity contribution in [2.24, 2.45) is 17.0 Å². The standard InChI is InChI=1S/C12H14N2S.C11H13ClN2S/c1-9-4-5-11(10(2)8-9)13-12-14(3)6-7-15-12;1-8-7-9(12)3-4-10(8)13-11-14(2)5-6-15-11/h4-8H,1-3H3;3-4,7H,5-6H2,1-2H3. The fraction of sp³-hybridized carbons (Fsp3) is 0.304. The summed E-state index contributed by atoms with van der Waals surface area (Å²) in [7, 11) is 4.09. The summed E-state index contributed by atoms with van der Waals surface area (Å²) in [6.45, 7) is 7.31. The van der Waals surface area contributed by atoms with Gasteiger partial charge < -0.3 is 9.47 Å². The molecule has 2 aromatic carbocycles. The Morgan fingerprint density at radius 3 is 2.23 bits per heavy atom. The molecule has 7 heteroatoms. The molecule has 4 nitrogen and oxygen atoms in total. The second-order valence-electron chi connectivity index (χ2n) is 7.29. The summed E-state index contributed by atoms with van der Waals surface area (Å²) in [6.07, 6.45) is 2.02. The number of thioether (sulfide) groups is 1. The lowest BCUT2D eigenvalue weighted by molar-refractivity contribution is 0.563. The molecule has 0 N–H and O–H groups in total. The van der Waals surface area contributed by atoms with Gasteiger partial charge in [-0.05, 0) is 56.2 Å². The van der Waals surface area contributed by atoms with Gasteiger partial charge in [0.1, 0.15) is 0 Å². The smallest absolute Gasteiger partial charge is 0.189 e. The average Bonchev–Trinajstić information content (AvgIpc) is 3.28. The maximum absolute atomic E-state index is 5.90. The van der Waals surface area contributed by atoms with Crippen LogP contribution < -0.4 is 4.80 Å². The van der Waals surface area contributed by atoms with Crippen LogP contribution in [0.3, 0.4) is 0 Å². The third-order valence-electron chi connectivity index (χ3n) is 4.69. The number of hydrogen-bond donors (Lipinski definition) is 0. The van der Waals surface area contributed by atoms with Gasteiger partial charge in [0.2, 0.25) is 0 Å². The van der Waals surface area contributed by atoms with Gasteiger partial charge in [0.15, 0.2) is 9.97 Å². The minimum atomic E-state index is 0.767. The highest BCUT2D eigenvalue weighted by Gasteiger charge is 2.15. The summed E-state index contributed by atoms with van der Waals surface area (Å²) in [6, 6.07) is 12.1. The molecule has 2 heterocycles. The zero-order chi connectivity index (χ0) is 21.7. The second-order valence-corrected chi connectivity index (χ2v) is 9.66. The molecule has 0 amide bonds. The zero-order valence-corrected chi connectivity index (χ0v) is 20.4. The van der Waals surface area contributed by atoms with E-state index in [9.17, 15) is 0 Å². The van der Waals surface area contributed by atoms with Crippen LogP contribution in [0.5, 0.6) is 0 Å². The van der Waals surface area contributed by atoms with E-state index in [1.165, 1.54) is 11.1 Å². The predicted octanol–water partition coefficient (Wildman–Crippen LogP) is 6.25. The molecule has 1 fully saturated rings. The Kier molecular flexibility index (Phi) is 7.81. The first-order chi connectivity index (χ1) is 14.3. The molecule has 1 aliphatic rings. The summed E-state index contributed by atoms with van der Waals surface area (Å²) in [4.78, 5) is 12.5. The Morgan fingerprint density at radius 1 is 0.933 bits per heavy atom. The van der Waals surface area contributed by atoms with Crippen LogP contribution in [0, 0.1) is 20.8 Å². The van der Waals surface area contributed by atoms with Gasteiger partial charge in [-0.25, -0.2) is 9.98 Å². The molecule has 158 valence electrons. The van der Waals surface area contributed by atoms with Gasteiger partial charge in [-0.15, -0.1) is 11.3 Å². The topological polar surface area (TPSA) is 32.9 Å². The molecule has 1 saturated heterocycles. The van der Waals surface area contributed by atoms with E-state index in [1.54, 1.807) is 23.1 Å². The average molecular weight is 459 g/mol. The number of hydrogen-bond acceptors (Lipinski definition) is 4. The maximum atomic E-state index is 5.90. The van der Waals surface area contributed by atoms with Gasteiger partial charge in [0.25, 0.3) is 0 Å². The fourth-order valence-electron chi connectivity index (χ4n) is 2.91. The molecule has 4 rings (SSSR count). The van der Waals surface area contributed by atoms with E-state index in [-0.39, 0.29) is 0 Å². The van der Waals surface area contributed by atoms with Gasteiger partial charge in [-0.2, -0.15) is 0 Å². The molecule has 0 unspecified atom stereocenters. The number of aryl methyl sites for hydroxylation is 4. The van der Waals surface area contributed by atoms with Crippen LogP contribution >= 0.6 is 34.7 Å². The van der Waals surface area contributed by atoms with Crippen molar-refractivity contribution >= 4 is 51.2 Å². The van der Waals surface area contributed by atoms with Gasteiger partial charge in [0, 0.05) is 43.0 Å². The molecular weight excluding hydrogens is 432 g/mol. The highest BCUT2D eigenvalue weighted by molar-refractivity contribution is 8.14. The van der Waals surface area contributed by atoms with Crippen LogP contribution in [-0.2, 0) is 7.05 Å². The molecule has 0 aliphatic carbocycles. The SMILES string of the molecule is Cc1cc(Cl)ccc1N=C1SCCN1C.Cc1ccc(N=c2sccn2C)c(C)c1. The highest BCUT2D eigenvalue weighted by atomic mass is 35.5. The number of aliphatic imine (C=N–C) groups is 1. The largest absolute Gasteiger partial charge is 0.353 e. The lowest BCUT2D eigenvalue weighted by Gasteiger charge is -2.10. The molecule has 0 bridgehead atoms. The van der Waals surface area contributed by atoms with E-state index in [4.69, 9.17) is 11.6 Å². The quantitative estimate of drug-likeness (QED) is 0.454. The lowest BCUT2D eigenvalue weighted by atomic mass is 10.1. The molecule has 3 aromatic rings. The van der Waals surface area contributed by atoms with E-state index >= 15 is 0 Å². The Balaban J connectivity index is 0.000000171. The first-order valence-corrected chi connectivity index (χ1v) is 12.0. The van der Waals surface area contributed by atoms with E-state index in [1.807, 2.05) is 48.3 Å². The van der Waals surface area contributed by atoms with Crippen LogP contribution in [0.1, 0.15) is 16.7 Å². The first kappa shape index (κ1) is 22.7. The van der Waals surface area contributed by atoms with Crippen LogP contribution in [0.25, 0.3) is 0 Å². The van der Waals surface area contributed by atoms with E-state index in [0.29, 0.717) is 0 Å². The third kappa shape index (κ3) is 6.00. The zero-order valence-electron chi connectivity index (χ0n) is 18.0. The van der Waals surface area contributed by atoms with Gasteiger partial charge >= 0.3 is 0 Å². The van der Waals surface area contributed by atoms with Crippen molar-refractivity contribution in [1.29, 1.82) is 0 Å². The Morgan fingerprint density at radius 2 is 1.63 bits per heavy atom. The van der Waals surface area contributed by atoms with Crippen LogP contribution in [0.15, 0.2) is 58.0 Å². The monoisotopic (exact) mass is 458 g/mol. The summed E-state index contributed by atoms with van der Waals surface area (Å²) >= 11 is 9.35. The molecule has 1 aliphatic heterocycles. The lowest BCUT2D eigenvalue weighted by Crippen LogP contribution is -2.17. The van der Waals surface area contributed by atoms with E-state index in [2.05, 4.69) is 54.0 Å². The van der Waals surface area contributed by atoms with Crippen LogP contribution in [0.2, 0.25) is 5.02 Å². The van der Waals surface area contributed by atoms with Gasteiger partial charge in [-0.3, -0.25) is 0 Å². The summed E-state index contributed by atoms with van der Waals surface area (Å²) in [5, 5.41) is 3.91. The Hall–Kier alpha value is -2.02. The summed E-state index contributed by atoms with van der Waals surface area (Å²) < 4.78 is 2.03. The highest BCUT2D eigenvalue weighted by Crippen LogP contribution is 2.26. The number of thiazole rings is 1. The normalized spacial score (nSPS) is 15.5. The minimum absolute atomic E-state index is 0.767. The number of benzene rings is 2. The van der Waals surface area contributed by atoms with Crippen molar-refractivity contribution in [3.05, 3.63) is 74.5 Å². The van der Waals surface area contributed by atoms with Crippen molar-refractivity contribution < 1.29 is 0 Å². The molecule has 30 heavy (non-hydrogen) atoms. The second kappa shape index (κ2) is 10.3. The number of amidine groups is 1. The van der Waals surface area contributed by atoms with Crippen molar-refractivity contribution in [1.82, 2.24) is 9.47 Å². The van der Waals surface area contributed by atoms with Crippen LogP contribution in [-0.4, -0.2) is 34.0 Å². The van der Waals surface area contributed by atoms with Crippen molar-refractivity contribution in [3.63, 3.8) is 0 Å². The summed E-state index contributed by atoms with van der Waals surface area (Å²) in [5.74, 6) is 1.13.